The van der Waals surface area contributed by atoms with Gasteiger partial charge >= 0.3 is 12.1 Å². The maximum absolute atomic E-state index is 14.7. The molecule has 2 aromatic rings. The Labute approximate surface area is 204 Å². The molecule has 0 radical (unpaired) electrons. The largest absolute Gasteiger partial charge is 0.527 e. The first-order valence-electron chi connectivity index (χ1n) is 11.6. The molecule has 9 heteroatoms. The molecule has 0 saturated carbocycles. The molecule has 1 aliphatic heterocycles. The number of hydrogen-bond acceptors (Lipinski definition) is 7. The number of hydroxylamine groups is 2. The lowest BCUT2D eigenvalue weighted by atomic mass is 9.90. The van der Waals surface area contributed by atoms with Gasteiger partial charge in [-0.05, 0) is 67.6 Å². The zero-order chi connectivity index (χ0) is 25.6. The van der Waals surface area contributed by atoms with Gasteiger partial charge in [0.05, 0.1) is 31.8 Å². The fraction of sp³-hybridized carbons (Fsp3) is 0.462. The predicted octanol–water partition coefficient (Wildman–Crippen LogP) is 4.76. The normalized spacial score (nSPS) is 13.7. The van der Waals surface area contributed by atoms with Crippen LogP contribution in [0.1, 0.15) is 43.9 Å². The Kier molecular flexibility index (Phi) is 8.69. The Morgan fingerprint density at radius 3 is 2.60 bits per heavy atom. The zero-order valence-electron chi connectivity index (χ0n) is 20.6. The smallest absolute Gasteiger partial charge is 0.493 e. The van der Waals surface area contributed by atoms with E-state index in [1.54, 1.807) is 31.4 Å². The van der Waals surface area contributed by atoms with Crippen molar-refractivity contribution in [3.8, 4) is 16.9 Å². The maximum Gasteiger partial charge on any atom is 0.527 e. The second kappa shape index (κ2) is 11.5. The topological polar surface area (TPSA) is 94.5 Å². The number of aliphatic carboxylic acids is 1. The van der Waals surface area contributed by atoms with Gasteiger partial charge in [-0.3, -0.25) is 4.79 Å². The Hall–Kier alpha value is -3.17. The van der Waals surface area contributed by atoms with E-state index in [1.165, 1.54) is 11.1 Å². The van der Waals surface area contributed by atoms with Gasteiger partial charge in [0.2, 0.25) is 0 Å². The molecule has 190 valence electrons. The second-order valence-corrected chi connectivity index (χ2v) is 8.90. The van der Waals surface area contributed by atoms with Gasteiger partial charge in [0.1, 0.15) is 11.6 Å². The summed E-state index contributed by atoms with van der Waals surface area (Å²) in [5, 5.41) is 10.7. The number of carbonyl (C=O) groups excluding carboxylic acids is 1. The highest BCUT2D eigenvalue weighted by Crippen LogP contribution is 2.38. The zero-order valence-corrected chi connectivity index (χ0v) is 20.6. The summed E-state index contributed by atoms with van der Waals surface area (Å²) >= 11 is 0. The van der Waals surface area contributed by atoms with Gasteiger partial charge in [-0.2, -0.15) is 0 Å². The molecule has 1 heterocycles. The maximum atomic E-state index is 14.7. The van der Waals surface area contributed by atoms with Crippen LogP contribution in [0.3, 0.4) is 0 Å². The van der Waals surface area contributed by atoms with Gasteiger partial charge in [0.15, 0.2) is 0 Å². The van der Waals surface area contributed by atoms with E-state index in [1.807, 2.05) is 20.8 Å². The van der Waals surface area contributed by atoms with Crippen LogP contribution in [0.4, 0.5) is 9.18 Å². The van der Waals surface area contributed by atoms with Gasteiger partial charge in [-0.15, -0.1) is 5.06 Å². The minimum atomic E-state index is -0.951. The molecule has 0 atom stereocenters. The highest BCUT2D eigenvalue weighted by Gasteiger charge is 2.27. The highest BCUT2D eigenvalue weighted by molar-refractivity contribution is 5.77. The van der Waals surface area contributed by atoms with Gasteiger partial charge in [0, 0.05) is 25.6 Å². The number of methoxy groups -OCH3 is 1. The number of carboxylic acids is 1. The number of hydrogen-bond donors (Lipinski definition) is 1. The van der Waals surface area contributed by atoms with Crippen LogP contribution in [0, 0.1) is 5.82 Å². The molecule has 0 unspecified atom stereocenters. The minimum Gasteiger partial charge on any atom is -0.493 e. The van der Waals surface area contributed by atoms with Crippen molar-refractivity contribution in [1.29, 1.82) is 0 Å². The fourth-order valence-electron chi connectivity index (χ4n) is 3.91. The lowest BCUT2D eigenvalue weighted by Crippen LogP contribution is -2.34. The summed E-state index contributed by atoms with van der Waals surface area (Å²) in [7, 11) is 1.59. The fourth-order valence-corrected chi connectivity index (χ4v) is 3.91. The lowest BCUT2D eigenvalue weighted by Gasteiger charge is -2.29. The number of halogens is 1. The van der Waals surface area contributed by atoms with Crippen LogP contribution in [0.5, 0.6) is 5.75 Å². The minimum absolute atomic E-state index is 0.137. The lowest BCUT2D eigenvalue weighted by molar-refractivity contribution is -0.139. The molecule has 1 N–H and O–H groups in total. The van der Waals surface area contributed by atoms with E-state index in [-0.39, 0.29) is 25.4 Å². The molecule has 0 bridgehead atoms. The van der Waals surface area contributed by atoms with Gasteiger partial charge in [-0.1, -0.05) is 12.1 Å². The molecular weight excluding hydrogens is 457 g/mol. The van der Waals surface area contributed by atoms with Gasteiger partial charge in [-0.25, -0.2) is 9.18 Å². The predicted molar refractivity (Wildman–Crippen MR) is 127 cm³/mol. The van der Waals surface area contributed by atoms with Crippen molar-refractivity contribution in [2.75, 3.05) is 26.9 Å². The Bertz CT molecular complexity index is 1070. The Morgan fingerprint density at radius 2 is 1.91 bits per heavy atom. The third kappa shape index (κ3) is 6.93. The molecule has 2 aromatic carbocycles. The van der Waals surface area contributed by atoms with Crippen LogP contribution in [-0.4, -0.2) is 54.8 Å². The number of ether oxygens (including phenoxy) is 3. The van der Waals surface area contributed by atoms with Crippen LogP contribution in [0.25, 0.3) is 11.1 Å². The van der Waals surface area contributed by atoms with Crippen molar-refractivity contribution >= 4 is 12.1 Å². The van der Waals surface area contributed by atoms with Crippen molar-refractivity contribution in [3.05, 3.63) is 52.8 Å². The summed E-state index contributed by atoms with van der Waals surface area (Å²) in [4.78, 5) is 28.9. The second-order valence-electron chi connectivity index (χ2n) is 8.90. The quantitative estimate of drug-likeness (QED) is 0.478. The van der Waals surface area contributed by atoms with Crippen LogP contribution >= 0.6 is 0 Å². The first kappa shape index (κ1) is 26.4. The van der Waals surface area contributed by atoms with E-state index in [0.29, 0.717) is 59.6 Å². The number of carboxylic acid groups (broad SMARTS) is 1. The summed E-state index contributed by atoms with van der Waals surface area (Å²) in [5.74, 6) is -0.728. The van der Waals surface area contributed by atoms with Crippen LogP contribution in [-0.2, 0) is 38.5 Å². The van der Waals surface area contributed by atoms with Crippen LogP contribution in [0.15, 0.2) is 30.3 Å². The summed E-state index contributed by atoms with van der Waals surface area (Å²) in [5.41, 5.74) is 2.71. The number of rotatable bonds is 10. The highest BCUT2D eigenvalue weighted by atomic mass is 19.1. The van der Waals surface area contributed by atoms with Crippen LogP contribution in [0.2, 0.25) is 0 Å². The van der Waals surface area contributed by atoms with E-state index in [4.69, 9.17) is 19.0 Å². The molecule has 0 amide bonds. The van der Waals surface area contributed by atoms with E-state index in [2.05, 4.69) is 0 Å². The number of benzene rings is 2. The summed E-state index contributed by atoms with van der Waals surface area (Å²) in [6.45, 7) is 6.64. The summed E-state index contributed by atoms with van der Waals surface area (Å²) < 4.78 is 31.0. The van der Waals surface area contributed by atoms with Crippen LogP contribution < -0.4 is 4.74 Å². The molecule has 0 aliphatic carbocycles. The molecule has 8 nitrogen and oxygen atoms in total. The average Bonchev–Trinajstić information content (AvgIpc) is 2.80. The molecule has 0 aromatic heterocycles. The van der Waals surface area contributed by atoms with Crippen molar-refractivity contribution < 1.29 is 38.1 Å². The molecule has 0 spiro atoms. The van der Waals surface area contributed by atoms with E-state index < -0.39 is 17.7 Å². The molecular formula is C26H32FNO7. The third-order valence-electron chi connectivity index (χ3n) is 5.99. The number of nitrogens with zero attached hydrogens (tertiary/aromatic N) is 1. The SMILES string of the molecule is CCOc1ccc(CC(=O)O)cc1-c1ccc(F)c2c1CN(OC(=O)OCCC(C)(C)OC)CC2. The van der Waals surface area contributed by atoms with Crippen molar-refractivity contribution in [1.82, 2.24) is 5.06 Å². The average molecular weight is 490 g/mol. The van der Waals surface area contributed by atoms with E-state index in [9.17, 15) is 19.1 Å². The first-order chi connectivity index (χ1) is 16.6. The molecule has 35 heavy (non-hydrogen) atoms. The molecule has 0 saturated heterocycles. The van der Waals surface area contributed by atoms with Crippen molar-refractivity contribution in [2.24, 2.45) is 0 Å². The first-order valence-corrected chi connectivity index (χ1v) is 11.6. The van der Waals surface area contributed by atoms with Crippen molar-refractivity contribution in [2.45, 2.75) is 52.2 Å². The Balaban J connectivity index is 1.84. The number of fused-ring (bicyclic) bond motifs is 1. The third-order valence-corrected chi connectivity index (χ3v) is 5.99. The monoisotopic (exact) mass is 489 g/mol. The van der Waals surface area contributed by atoms with Gasteiger partial charge in [0.25, 0.3) is 0 Å². The summed E-state index contributed by atoms with van der Waals surface area (Å²) in [6, 6.07) is 8.22. The van der Waals surface area contributed by atoms with E-state index in [0.717, 1.165) is 0 Å². The molecule has 1 aliphatic rings. The Morgan fingerprint density at radius 1 is 1.14 bits per heavy atom. The van der Waals surface area contributed by atoms with Gasteiger partial charge < -0.3 is 24.2 Å². The summed E-state index contributed by atoms with van der Waals surface area (Å²) in [6.07, 6.45) is -0.151. The molecule has 0 fully saturated rings. The van der Waals surface area contributed by atoms with Crippen molar-refractivity contribution in [3.63, 3.8) is 0 Å². The number of carbonyl (C=O) groups is 2. The van der Waals surface area contributed by atoms with E-state index >= 15 is 0 Å². The standard InChI is InChI=1S/C26H32FNO7/c1-5-33-23-9-6-17(15-24(29)30)14-20(23)18-7-8-22(27)19-10-12-28(16-21(18)19)35-25(31)34-13-11-26(2,3)32-4/h6-9,14H,5,10-13,15-16H2,1-4H3,(H,29,30). The molecule has 3 rings (SSSR count).